The lowest BCUT2D eigenvalue weighted by Crippen LogP contribution is -3.11. The Kier molecular flexibility index (Phi) is 4.81. The molecule has 1 atom stereocenters. The van der Waals surface area contributed by atoms with Gasteiger partial charge in [0.15, 0.2) is 0 Å². The van der Waals surface area contributed by atoms with Crippen LogP contribution in [-0.4, -0.2) is 36.7 Å². The molecule has 3 heterocycles. The molecule has 1 aliphatic rings. The number of ether oxygens (including phenoxy) is 1. The summed E-state index contributed by atoms with van der Waals surface area (Å²) in [7, 11) is 1.75. The summed E-state index contributed by atoms with van der Waals surface area (Å²) in [6.07, 6.45) is 4.23. The summed E-state index contributed by atoms with van der Waals surface area (Å²) in [5.74, 6) is 1.89. The Labute approximate surface area is 151 Å². The van der Waals surface area contributed by atoms with Crippen LogP contribution in [0.15, 0.2) is 42.0 Å². The van der Waals surface area contributed by atoms with Gasteiger partial charge in [0.2, 0.25) is 0 Å². The van der Waals surface area contributed by atoms with E-state index in [9.17, 15) is 0 Å². The van der Waals surface area contributed by atoms with E-state index in [1.807, 2.05) is 6.07 Å². The smallest absolute Gasteiger partial charge is 0.138 e. The first kappa shape index (κ1) is 16.3. The van der Waals surface area contributed by atoms with Crippen LogP contribution in [0.25, 0.3) is 10.2 Å². The van der Waals surface area contributed by atoms with Crippen LogP contribution in [0.3, 0.4) is 0 Å². The van der Waals surface area contributed by atoms with E-state index in [1.54, 1.807) is 29.7 Å². The third kappa shape index (κ3) is 3.32. The number of aromatic nitrogens is 2. The highest BCUT2D eigenvalue weighted by Gasteiger charge is 2.29. The minimum Gasteiger partial charge on any atom is -0.496 e. The number of benzene rings is 1. The molecule has 0 spiro atoms. The number of quaternary nitrogens is 1. The molecule has 1 fully saturated rings. The molecule has 25 heavy (non-hydrogen) atoms. The Morgan fingerprint density at radius 2 is 2.04 bits per heavy atom. The number of hydrogen-bond donors (Lipinski definition) is 2. The Bertz CT molecular complexity index is 844. The summed E-state index contributed by atoms with van der Waals surface area (Å²) >= 11 is 1.65. The van der Waals surface area contributed by atoms with Crippen LogP contribution in [0.2, 0.25) is 0 Å². The van der Waals surface area contributed by atoms with Crippen LogP contribution >= 0.6 is 11.3 Å². The van der Waals surface area contributed by atoms with Crippen LogP contribution in [0.4, 0.5) is 5.82 Å². The second-order valence-electron chi connectivity index (χ2n) is 6.40. The summed E-state index contributed by atoms with van der Waals surface area (Å²) in [5, 5.41) is 6.74. The molecule has 6 heteroatoms. The van der Waals surface area contributed by atoms with E-state index < -0.39 is 0 Å². The van der Waals surface area contributed by atoms with Crippen molar-refractivity contribution in [1.29, 1.82) is 0 Å². The van der Waals surface area contributed by atoms with Gasteiger partial charge in [-0.15, -0.1) is 11.3 Å². The number of thiophene rings is 1. The molecule has 0 bridgehead atoms. The average Bonchev–Trinajstić information content (AvgIpc) is 3.34. The molecule has 2 N–H and O–H groups in total. The van der Waals surface area contributed by atoms with Gasteiger partial charge in [-0.2, -0.15) is 0 Å². The van der Waals surface area contributed by atoms with E-state index in [4.69, 9.17) is 4.74 Å². The summed E-state index contributed by atoms with van der Waals surface area (Å²) in [6.45, 7) is 3.25. The summed E-state index contributed by atoms with van der Waals surface area (Å²) < 4.78 is 5.63. The molecule has 1 saturated heterocycles. The van der Waals surface area contributed by atoms with Crippen LogP contribution in [-0.2, 0) is 0 Å². The van der Waals surface area contributed by atoms with E-state index in [-0.39, 0.29) is 0 Å². The predicted octanol–water partition coefficient (Wildman–Crippen LogP) is 2.53. The fourth-order valence-corrected chi connectivity index (χ4v) is 4.47. The highest BCUT2D eigenvalue weighted by molar-refractivity contribution is 7.16. The van der Waals surface area contributed by atoms with Crippen molar-refractivity contribution in [3.05, 3.63) is 47.6 Å². The molecule has 0 radical (unpaired) electrons. The van der Waals surface area contributed by atoms with Gasteiger partial charge in [0, 0.05) is 12.8 Å². The standard InChI is InChI=1S/C19H22N4OS/c1-24-17-7-3-2-6-14(17)16(23-9-4-5-10-23)12-20-18-15-8-11-25-19(15)22-13-21-18/h2-3,6-8,11,13,16H,4-5,9-10,12H2,1H3,(H,20,21,22)/p+1/t16-/m1/s1. The average molecular weight is 355 g/mol. The van der Waals surface area contributed by atoms with E-state index in [1.165, 1.54) is 31.5 Å². The lowest BCUT2D eigenvalue weighted by atomic mass is 10.0. The molecule has 4 rings (SSSR count). The molecule has 0 saturated carbocycles. The van der Waals surface area contributed by atoms with E-state index in [2.05, 4.69) is 44.9 Å². The molecular weight excluding hydrogens is 332 g/mol. The molecule has 1 aliphatic heterocycles. The number of likely N-dealkylation sites (tertiary alicyclic amines) is 1. The number of para-hydroxylation sites is 1. The van der Waals surface area contributed by atoms with Crippen LogP contribution in [0.5, 0.6) is 5.75 Å². The molecule has 0 amide bonds. The highest BCUT2D eigenvalue weighted by Crippen LogP contribution is 2.26. The van der Waals surface area contributed by atoms with E-state index in [0.717, 1.165) is 28.3 Å². The number of nitrogens with one attached hydrogen (secondary N) is 2. The van der Waals surface area contributed by atoms with Gasteiger partial charge in [0.1, 0.15) is 28.8 Å². The second kappa shape index (κ2) is 7.37. The van der Waals surface area contributed by atoms with Gasteiger partial charge in [0.05, 0.1) is 37.7 Å². The van der Waals surface area contributed by atoms with E-state index in [0.29, 0.717) is 6.04 Å². The Morgan fingerprint density at radius 1 is 1.20 bits per heavy atom. The van der Waals surface area contributed by atoms with Gasteiger partial charge in [-0.1, -0.05) is 12.1 Å². The summed E-state index contributed by atoms with van der Waals surface area (Å²) in [6, 6.07) is 10.8. The van der Waals surface area contributed by atoms with Crippen molar-refractivity contribution >= 4 is 27.4 Å². The molecule has 1 aromatic carbocycles. The monoisotopic (exact) mass is 355 g/mol. The highest BCUT2D eigenvalue weighted by atomic mass is 32.1. The number of anilines is 1. The quantitative estimate of drug-likeness (QED) is 0.713. The number of fused-ring (bicyclic) bond motifs is 1. The van der Waals surface area contributed by atoms with Gasteiger partial charge < -0.3 is 15.0 Å². The van der Waals surface area contributed by atoms with Crippen molar-refractivity contribution in [3.8, 4) is 5.75 Å². The summed E-state index contributed by atoms with van der Waals surface area (Å²) in [5.41, 5.74) is 1.27. The van der Waals surface area contributed by atoms with Crippen molar-refractivity contribution in [2.24, 2.45) is 0 Å². The fraction of sp³-hybridized carbons (Fsp3) is 0.368. The van der Waals surface area contributed by atoms with Gasteiger partial charge in [0.25, 0.3) is 0 Å². The van der Waals surface area contributed by atoms with Gasteiger partial charge >= 0.3 is 0 Å². The minimum absolute atomic E-state index is 0.349. The topological polar surface area (TPSA) is 51.5 Å². The zero-order valence-corrected chi connectivity index (χ0v) is 15.2. The maximum atomic E-state index is 5.63. The van der Waals surface area contributed by atoms with Gasteiger partial charge in [-0.05, 0) is 23.6 Å². The zero-order chi connectivity index (χ0) is 17.1. The van der Waals surface area contributed by atoms with Crippen molar-refractivity contribution in [2.45, 2.75) is 18.9 Å². The molecule has 5 nitrogen and oxygen atoms in total. The number of hydrogen-bond acceptors (Lipinski definition) is 5. The Hall–Kier alpha value is -2.18. The normalized spacial score (nSPS) is 16.2. The van der Waals surface area contributed by atoms with Crippen molar-refractivity contribution in [2.75, 3.05) is 32.1 Å². The Morgan fingerprint density at radius 3 is 2.88 bits per heavy atom. The maximum absolute atomic E-state index is 5.63. The first-order valence-electron chi connectivity index (χ1n) is 8.76. The third-order valence-corrected chi connectivity index (χ3v) is 5.81. The largest absolute Gasteiger partial charge is 0.496 e. The van der Waals surface area contributed by atoms with E-state index >= 15 is 0 Å². The molecule has 2 aromatic heterocycles. The van der Waals surface area contributed by atoms with Crippen molar-refractivity contribution in [1.82, 2.24) is 9.97 Å². The van der Waals surface area contributed by atoms with Gasteiger partial charge in [-0.3, -0.25) is 0 Å². The first-order valence-corrected chi connectivity index (χ1v) is 9.64. The second-order valence-corrected chi connectivity index (χ2v) is 7.30. The SMILES string of the molecule is COc1ccccc1[C@@H](CNc1ncnc2sccc12)[NH+]1CCCC1. The van der Waals surface area contributed by atoms with Crippen molar-refractivity contribution in [3.63, 3.8) is 0 Å². The lowest BCUT2D eigenvalue weighted by Gasteiger charge is -2.26. The number of nitrogens with zero attached hydrogens (tertiary/aromatic N) is 2. The van der Waals surface area contributed by atoms with Gasteiger partial charge in [-0.25, -0.2) is 9.97 Å². The molecular formula is C19H23N4OS+. The predicted molar refractivity (Wildman–Crippen MR) is 102 cm³/mol. The molecule has 0 unspecified atom stereocenters. The van der Waals surface area contributed by atoms with Crippen LogP contribution in [0.1, 0.15) is 24.4 Å². The number of methoxy groups -OCH3 is 1. The molecule has 0 aliphatic carbocycles. The zero-order valence-electron chi connectivity index (χ0n) is 14.4. The lowest BCUT2D eigenvalue weighted by molar-refractivity contribution is -0.917. The first-order chi connectivity index (χ1) is 12.4. The van der Waals surface area contributed by atoms with Crippen molar-refractivity contribution < 1.29 is 9.64 Å². The third-order valence-electron chi connectivity index (χ3n) is 4.99. The maximum Gasteiger partial charge on any atom is 0.138 e. The number of rotatable bonds is 6. The fourth-order valence-electron chi connectivity index (χ4n) is 3.74. The van der Waals surface area contributed by atoms with Crippen LogP contribution < -0.4 is 15.0 Å². The van der Waals surface area contributed by atoms with Crippen LogP contribution in [0, 0.1) is 0 Å². The molecule has 3 aromatic rings. The summed E-state index contributed by atoms with van der Waals surface area (Å²) in [4.78, 5) is 11.4. The Balaban J connectivity index is 1.61. The minimum atomic E-state index is 0.349. The molecule has 130 valence electrons.